The van der Waals surface area contributed by atoms with E-state index < -0.39 is 10.7 Å². The van der Waals surface area contributed by atoms with E-state index in [1.807, 2.05) is 13.8 Å². The molecule has 0 saturated carbocycles. The van der Waals surface area contributed by atoms with Crippen LogP contribution in [0.3, 0.4) is 0 Å². The number of aromatic nitrogens is 2. The molecule has 0 saturated heterocycles. The van der Waals surface area contributed by atoms with Gasteiger partial charge in [0.15, 0.2) is 0 Å². The highest BCUT2D eigenvalue weighted by Crippen LogP contribution is 2.31. The Morgan fingerprint density at radius 3 is 2.52 bits per heavy atom. The van der Waals surface area contributed by atoms with E-state index in [-0.39, 0.29) is 29.1 Å². The number of para-hydroxylation sites is 1. The summed E-state index contributed by atoms with van der Waals surface area (Å²) in [6.07, 6.45) is 1.18. The summed E-state index contributed by atoms with van der Waals surface area (Å²) < 4.78 is 13.6. The molecule has 7 nitrogen and oxygen atoms in total. The molecule has 0 aliphatic carbocycles. The molecule has 21 heavy (non-hydrogen) atoms. The molecule has 0 spiro atoms. The van der Waals surface area contributed by atoms with Gasteiger partial charge < -0.3 is 10.6 Å². The number of nitrogens with one attached hydrogen (secondary N) is 2. The Kier molecular flexibility index (Phi) is 4.27. The average molecular weight is 291 g/mol. The van der Waals surface area contributed by atoms with Crippen LogP contribution in [0.15, 0.2) is 30.6 Å². The first-order chi connectivity index (χ1) is 9.99. The predicted molar refractivity (Wildman–Crippen MR) is 77.1 cm³/mol. The van der Waals surface area contributed by atoms with Crippen LogP contribution in [0.25, 0.3) is 0 Å². The molecular weight excluding hydrogens is 277 g/mol. The van der Waals surface area contributed by atoms with Gasteiger partial charge in [-0.3, -0.25) is 10.1 Å². The fourth-order valence-electron chi connectivity index (χ4n) is 1.71. The van der Waals surface area contributed by atoms with E-state index in [0.717, 1.165) is 0 Å². The van der Waals surface area contributed by atoms with Crippen molar-refractivity contribution in [3.05, 3.63) is 46.5 Å². The van der Waals surface area contributed by atoms with Crippen molar-refractivity contribution >= 4 is 23.0 Å². The molecule has 0 unspecified atom stereocenters. The Bertz CT molecular complexity index is 663. The van der Waals surface area contributed by atoms with Gasteiger partial charge >= 0.3 is 5.69 Å². The summed E-state index contributed by atoms with van der Waals surface area (Å²) in [6, 6.07) is 5.83. The van der Waals surface area contributed by atoms with E-state index >= 15 is 0 Å². The topological polar surface area (TPSA) is 93.0 Å². The van der Waals surface area contributed by atoms with Crippen LogP contribution in [0.5, 0.6) is 0 Å². The van der Waals surface area contributed by atoms with Gasteiger partial charge in [0.05, 0.1) is 10.6 Å². The molecular formula is C13H14FN5O2. The van der Waals surface area contributed by atoms with Gasteiger partial charge in [0.2, 0.25) is 11.6 Å². The number of anilines is 3. The zero-order valence-corrected chi connectivity index (χ0v) is 11.5. The Morgan fingerprint density at radius 2 is 1.90 bits per heavy atom. The smallest absolute Gasteiger partial charge is 0.353 e. The molecule has 0 atom stereocenters. The molecule has 2 N–H and O–H groups in total. The Balaban J connectivity index is 2.44. The van der Waals surface area contributed by atoms with Gasteiger partial charge in [0.1, 0.15) is 12.1 Å². The summed E-state index contributed by atoms with van der Waals surface area (Å²) >= 11 is 0. The highest BCUT2D eigenvalue weighted by atomic mass is 19.1. The third kappa shape index (κ3) is 3.41. The maximum absolute atomic E-state index is 13.6. The molecule has 8 heteroatoms. The van der Waals surface area contributed by atoms with Crippen LogP contribution < -0.4 is 10.6 Å². The van der Waals surface area contributed by atoms with E-state index in [1.165, 1.54) is 24.5 Å². The minimum absolute atomic E-state index is 0.0417. The van der Waals surface area contributed by atoms with Gasteiger partial charge in [-0.15, -0.1) is 0 Å². The van der Waals surface area contributed by atoms with E-state index in [2.05, 4.69) is 20.6 Å². The monoisotopic (exact) mass is 291 g/mol. The summed E-state index contributed by atoms with van der Waals surface area (Å²) in [4.78, 5) is 18.3. The fraction of sp³-hybridized carbons (Fsp3) is 0.231. The van der Waals surface area contributed by atoms with Crippen LogP contribution in [0, 0.1) is 15.9 Å². The number of nitro groups is 1. The van der Waals surface area contributed by atoms with Crippen LogP contribution in [0.4, 0.5) is 27.4 Å². The van der Waals surface area contributed by atoms with Crippen molar-refractivity contribution in [3.63, 3.8) is 0 Å². The summed E-state index contributed by atoms with van der Waals surface area (Å²) in [6.45, 7) is 3.66. The number of benzene rings is 1. The lowest BCUT2D eigenvalue weighted by Crippen LogP contribution is -2.14. The molecule has 1 heterocycles. The van der Waals surface area contributed by atoms with Crippen molar-refractivity contribution in [3.8, 4) is 0 Å². The quantitative estimate of drug-likeness (QED) is 0.649. The van der Waals surface area contributed by atoms with Crippen LogP contribution in [0.1, 0.15) is 13.8 Å². The minimum Gasteiger partial charge on any atom is -0.362 e. The first kappa shape index (κ1) is 14.6. The standard InChI is InChI=1S/C13H14FN5O2/c1-8(2)17-12-11(19(20)21)13(16-7-15-12)18-10-6-4-3-5-9(10)14/h3-8H,1-2H3,(H2,15,16,17,18). The normalized spacial score (nSPS) is 10.5. The second-order valence-corrected chi connectivity index (χ2v) is 4.58. The van der Waals surface area contributed by atoms with Gasteiger partial charge in [-0.1, -0.05) is 12.1 Å². The van der Waals surface area contributed by atoms with Gasteiger partial charge in [-0.05, 0) is 26.0 Å². The summed E-state index contributed by atoms with van der Waals surface area (Å²) in [5.41, 5.74) is -0.218. The van der Waals surface area contributed by atoms with E-state index in [9.17, 15) is 14.5 Å². The molecule has 0 radical (unpaired) electrons. The second kappa shape index (κ2) is 6.12. The lowest BCUT2D eigenvalue weighted by atomic mass is 10.3. The zero-order valence-electron chi connectivity index (χ0n) is 11.5. The molecule has 1 aromatic heterocycles. The summed E-state index contributed by atoms with van der Waals surface area (Å²) in [7, 11) is 0. The molecule has 1 aromatic carbocycles. The van der Waals surface area contributed by atoms with E-state index in [0.29, 0.717) is 0 Å². The summed E-state index contributed by atoms with van der Waals surface area (Å²) in [5.74, 6) is -0.504. The molecule has 0 fully saturated rings. The van der Waals surface area contributed by atoms with E-state index in [4.69, 9.17) is 0 Å². The Morgan fingerprint density at radius 1 is 1.24 bits per heavy atom. The first-order valence-electron chi connectivity index (χ1n) is 6.26. The molecule has 0 bridgehead atoms. The Labute approximate surface area is 120 Å². The average Bonchev–Trinajstić information content (AvgIpc) is 2.40. The molecule has 0 aliphatic heterocycles. The van der Waals surface area contributed by atoms with Crippen LogP contribution >= 0.6 is 0 Å². The maximum atomic E-state index is 13.6. The SMILES string of the molecule is CC(C)Nc1ncnc(Nc2ccccc2F)c1[N+](=O)[O-]. The number of hydrogen-bond donors (Lipinski definition) is 2. The van der Waals surface area contributed by atoms with Crippen LogP contribution in [-0.4, -0.2) is 20.9 Å². The van der Waals surface area contributed by atoms with Gasteiger partial charge in [0, 0.05) is 6.04 Å². The Hall–Kier alpha value is -2.77. The molecule has 0 amide bonds. The maximum Gasteiger partial charge on any atom is 0.353 e. The number of halogens is 1. The number of hydrogen-bond acceptors (Lipinski definition) is 6. The highest BCUT2D eigenvalue weighted by Gasteiger charge is 2.24. The van der Waals surface area contributed by atoms with Crippen molar-refractivity contribution in [2.24, 2.45) is 0 Å². The van der Waals surface area contributed by atoms with Crippen molar-refractivity contribution in [2.45, 2.75) is 19.9 Å². The van der Waals surface area contributed by atoms with Crippen LogP contribution in [0.2, 0.25) is 0 Å². The van der Waals surface area contributed by atoms with Crippen molar-refractivity contribution < 1.29 is 9.31 Å². The third-order valence-electron chi connectivity index (χ3n) is 2.56. The van der Waals surface area contributed by atoms with Crippen LogP contribution in [-0.2, 0) is 0 Å². The summed E-state index contributed by atoms with van der Waals surface area (Å²) in [5, 5.41) is 16.7. The van der Waals surface area contributed by atoms with Gasteiger partial charge in [-0.2, -0.15) is 0 Å². The lowest BCUT2D eigenvalue weighted by molar-refractivity contribution is -0.383. The van der Waals surface area contributed by atoms with Crippen molar-refractivity contribution in [2.75, 3.05) is 10.6 Å². The van der Waals surface area contributed by atoms with E-state index in [1.54, 1.807) is 6.07 Å². The highest BCUT2D eigenvalue weighted by molar-refractivity contribution is 5.73. The van der Waals surface area contributed by atoms with Gasteiger partial charge in [0.25, 0.3) is 0 Å². The van der Waals surface area contributed by atoms with Gasteiger partial charge in [-0.25, -0.2) is 14.4 Å². The fourth-order valence-corrected chi connectivity index (χ4v) is 1.71. The molecule has 110 valence electrons. The van der Waals surface area contributed by atoms with Crippen molar-refractivity contribution in [1.29, 1.82) is 0 Å². The molecule has 2 aromatic rings. The van der Waals surface area contributed by atoms with Crippen molar-refractivity contribution in [1.82, 2.24) is 9.97 Å². The largest absolute Gasteiger partial charge is 0.362 e. The number of nitrogens with zero attached hydrogens (tertiary/aromatic N) is 3. The molecule has 2 rings (SSSR count). The second-order valence-electron chi connectivity index (χ2n) is 4.58. The third-order valence-corrected chi connectivity index (χ3v) is 2.56. The zero-order chi connectivity index (χ0) is 15.4. The number of rotatable bonds is 5. The minimum atomic E-state index is -0.603. The predicted octanol–water partition coefficient (Wildman–Crippen LogP) is 3.09. The molecule has 0 aliphatic rings. The lowest BCUT2D eigenvalue weighted by Gasteiger charge is -2.12. The first-order valence-corrected chi connectivity index (χ1v) is 6.26.